The Morgan fingerprint density at radius 3 is 1.96 bits per heavy atom. The zero-order valence-corrected chi connectivity index (χ0v) is 45.3. The molecule has 3 aliphatic carbocycles. The van der Waals surface area contributed by atoms with Crippen molar-refractivity contribution in [3.8, 4) is 0 Å². The van der Waals surface area contributed by atoms with Gasteiger partial charge < -0.3 is 48.7 Å². The van der Waals surface area contributed by atoms with Gasteiger partial charge in [-0.25, -0.2) is 9.59 Å². The molecule has 13 atom stereocenters. The number of hydrogen-bond acceptors (Lipinski definition) is 17. The summed E-state index contributed by atoms with van der Waals surface area (Å²) >= 11 is 0. The number of carbonyl (C=O) groups is 5. The van der Waals surface area contributed by atoms with Crippen LogP contribution in [0.25, 0.3) is 0 Å². The molecule has 2 saturated carbocycles. The van der Waals surface area contributed by atoms with E-state index in [0.717, 1.165) is 19.4 Å². The number of benzene rings is 4. The van der Waals surface area contributed by atoms with Gasteiger partial charge in [-0.15, -0.1) is 0 Å². The SMILES string of the molecule is CCOC(C)O[C@@H](C(=O)O[C@H]1C[C@@]2(O)[C@@H](OC(=O)c3ccccc3)[C@@H]3[C@]4(OC(C)=O)CO[C@@H]4C[C@H](OS(=O)(=O)c4ccc(C)cc4)[C@@]3(C)[C@@H](O)[C@H](OC(C)=O)C(=C1C)C2(C)C)[C@@H](NC(=O)c1ccccc1)c1ccccc1. The summed E-state index contributed by atoms with van der Waals surface area (Å²) in [5.74, 6) is -5.97. The Morgan fingerprint density at radius 2 is 1.40 bits per heavy atom. The zero-order valence-electron chi connectivity index (χ0n) is 44.5. The molecule has 1 heterocycles. The normalized spacial score (nSPS) is 29.5. The molecule has 2 bridgehead atoms. The Balaban J connectivity index is 1.35. The van der Waals surface area contributed by atoms with E-state index in [0.29, 0.717) is 5.56 Å². The largest absolute Gasteiger partial charge is 0.456 e. The molecular formula is C58H67NO17S. The van der Waals surface area contributed by atoms with Crippen molar-refractivity contribution in [3.05, 3.63) is 149 Å². The maximum atomic E-state index is 15.4. The van der Waals surface area contributed by atoms with Crippen LogP contribution < -0.4 is 5.32 Å². The van der Waals surface area contributed by atoms with Crippen LogP contribution in [0, 0.1) is 23.7 Å². The van der Waals surface area contributed by atoms with Gasteiger partial charge in [-0.05, 0) is 80.8 Å². The predicted molar refractivity (Wildman–Crippen MR) is 276 cm³/mol. The van der Waals surface area contributed by atoms with Gasteiger partial charge in [0.2, 0.25) is 0 Å². The van der Waals surface area contributed by atoms with Gasteiger partial charge in [0.15, 0.2) is 24.1 Å². The van der Waals surface area contributed by atoms with Crippen LogP contribution in [0.5, 0.6) is 0 Å². The van der Waals surface area contributed by atoms with Crippen molar-refractivity contribution in [1.29, 1.82) is 0 Å². The first-order chi connectivity index (χ1) is 36.4. The molecule has 8 rings (SSSR count). The van der Waals surface area contributed by atoms with E-state index in [2.05, 4.69) is 5.32 Å². The van der Waals surface area contributed by atoms with Crippen molar-refractivity contribution >= 4 is 39.9 Å². The van der Waals surface area contributed by atoms with E-state index in [4.69, 9.17) is 37.3 Å². The molecule has 18 nitrogen and oxygen atoms in total. The predicted octanol–water partition coefficient (Wildman–Crippen LogP) is 6.66. The highest BCUT2D eigenvalue weighted by atomic mass is 32.2. The van der Waals surface area contributed by atoms with Gasteiger partial charge in [-0.1, -0.05) is 105 Å². The number of hydrogen-bond donors (Lipinski definition) is 3. The fourth-order valence-corrected chi connectivity index (χ4v) is 13.2. The molecule has 4 aromatic rings. The van der Waals surface area contributed by atoms with E-state index in [1.165, 1.54) is 31.2 Å². The fraction of sp³-hybridized carbons (Fsp3) is 0.466. The lowest BCUT2D eigenvalue weighted by atomic mass is 9.44. The summed E-state index contributed by atoms with van der Waals surface area (Å²) in [5.41, 5.74) is -6.52. The van der Waals surface area contributed by atoms with Gasteiger partial charge in [-0.2, -0.15) is 8.42 Å². The number of aryl methyl sites for hydroxylation is 1. The van der Waals surface area contributed by atoms with Gasteiger partial charge in [0.05, 0.1) is 35.1 Å². The second kappa shape index (κ2) is 22.2. The molecule has 1 aliphatic heterocycles. The molecule has 3 fully saturated rings. The summed E-state index contributed by atoms with van der Waals surface area (Å²) in [5, 5.41) is 30.8. The summed E-state index contributed by atoms with van der Waals surface area (Å²) in [7, 11) is -4.72. The number of amides is 1. The molecule has 0 radical (unpaired) electrons. The molecule has 77 heavy (non-hydrogen) atoms. The van der Waals surface area contributed by atoms with E-state index >= 15 is 4.79 Å². The first-order valence-corrected chi connectivity index (χ1v) is 27.0. The summed E-state index contributed by atoms with van der Waals surface area (Å²) < 4.78 is 79.2. The van der Waals surface area contributed by atoms with Crippen LogP contribution in [0.15, 0.2) is 131 Å². The second-order valence-corrected chi connectivity index (χ2v) is 22.6. The number of fused-ring (bicyclic) bond motifs is 5. The van der Waals surface area contributed by atoms with Gasteiger partial charge in [0.25, 0.3) is 16.0 Å². The molecule has 1 unspecified atom stereocenters. The highest BCUT2D eigenvalue weighted by Crippen LogP contribution is 2.66. The lowest BCUT2D eigenvalue weighted by Gasteiger charge is -2.69. The highest BCUT2D eigenvalue weighted by Gasteiger charge is 2.79. The smallest absolute Gasteiger partial charge is 0.338 e. The maximum absolute atomic E-state index is 15.4. The Hall–Kier alpha value is -6.32. The highest BCUT2D eigenvalue weighted by molar-refractivity contribution is 7.86. The summed E-state index contributed by atoms with van der Waals surface area (Å²) in [4.78, 5) is 71.0. The maximum Gasteiger partial charge on any atom is 0.338 e. The van der Waals surface area contributed by atoms with Gasteiger partial charge in [-0.3, -0.25) is 18.6 Å². The van der Waals surface area contributed by atoms with Crippen LogP contribution in [-0.2, 0) is 61.8 Å². The van der Waals surface area contributed by atoms with Gasteiger partial charge >= 0.3 is 23.9 Å². The average molecular weight is 1080 g/mol. The molecule has 4 aromatic carbocycles. The van der Waals surface area contributed by atoms with Crippen LogP contribution >= 0.6 is 0 Å². The molecule has 0 aromatic heterocycles. The van der Waals surface area contributed by atoms with Crippen molar-refractivity contribution in [3.63, 3.8) is 0 Å². The number of esters is 4. The third kappa shape index (κ3) is 10.7. The van der Waals surface area contributed by atoms with Crippen LogP contribution in [0.4, 0.5) is 0 Å². The van der Waals surface area contributed by atoms with Crippen LogP contribution in [0.2, 0.25) is 0 Å². The standard InChI is InChI=1S/C58H67NO17S/c1-10-69-37(6)72-48(46(38-20-14-11-15-21-38)59-52(63)39-22-16-12-17-23-39)54(65)73-42-31-58(66)51(74-53(64)40-24-18-13-19-25-40)49-56(9,50(62)47(71-35(4)60)45(34(42)3)55(58,7)8)43(30-44-57(49,32-70-44)75-36(5)61)76-77(67,68)41-28-26-33(2)27-29-41/h11-29,37,42-44,46-51,62,66H,10,30-32H2,1-9H3,(H,59,63)/t37?,42-,43-,44+,46-,47+,48+,49-,50-,51-,56+,57-,58+/m0/s1. The number of rotatable bonds is 17. The Bertz CT molecular complexity index is 2970. The van der Waals surface area contributed by atoms with E-state index in [9.17, 15) is 37.8 Å². The molecular weight excluding hydrogens is 1010 g/mol. The molecule has 1 saturated heterocycles. The first kappa shape index (κ1) is 56.9. The Kier molecular flexibility index (Phi) is 16.4. The van der Waals surface area contributed by atoms with Crippen molar-refractivity contribution in [2.75, 3.05) is 13.2 Å². The number of carbonyl (C=O) groups excluding carboxylic acids is 5. The quantitative estimate of drug-likeness (QED) is 0.0329. The van der Waals surface area contributed by atoms with Crippen molar-refractivity contribution in [2.24, 2.45) is 16.7 Å². The zero-order chi connectivity index (χ0) is 55.8. The first-order valence-electron chi connectivity index (χ1n) is 25.6. The summed E-state index contributed by atoms with van der Waals surface area (Å²) in [6.45, 7) is 13.3. The second-order valence-electron chi connectivity index (χ2n) is 21.0. The lowest BCUT2D eigenvalue weighted by molar-refractivity contribution is -0.362. The van der Waals surface area contributed by atoms with E-state index < -0.39 is 129 Å². The number of aliphatic hydroxyl groups is 2. The van der Waals surface area contributed by atoms with Crippen molar-refractivity contribution in [1.82, 2.24) is 5.32 Å². The van der Waals surface area contributed by atoms with Crippen LogP contribution in [0.1, 0.15) is 106 Å². The summed E-state index contributed by atoms with van der Waals surface area (Å²) in [6.07, 6.45) is -13.7. The van der Waals surface area contributed by atoms with Crippen molar-refractivity contribution in [2.45, 2.75) is 146 Å². The Labute approximate surface area is 448 Å². The van der Waals surface area contributed by atoms with E-state index in [1.807, 2.05) is 0 Å². The third-order valence-electron chi connectivity index (χ3n) is 16.0. The van der Waals surface area contributed by atoms with Gasteiger partial charge in [0, 0.05) is 49.7 Å². The van der Waals surface area contributed by atoms with Gasteiger partial charge in [0.1, 0.15) is 30.0 Å². The average Bonchev–Trinajstić information content (AvgIpc) is 3.49. The van der Waals surface area contributed by atoms with Crippen LogP contribution in [0.3, 0.4) is 0 Å². The third-order valence-corrected chi connectivity index (χ3v) is 17.3. The number of nitrogens with one attached hydrogen (secondary N) is 1. The van der Waals surface area contributed by atoms with E-state index in [-0.39, 0.29) is 46.8 Å². The molecule has 1 amide bonds. The monoisotopic (exact) mass is 1080 g/mol. The number of aliphatic hydroxyl groups excluding tert-OH is 1. The van der Waals surface area contributed by atoms with Crippen molar-refractivity contribution < 1.29 is 79.9 Å². The minimum atomic E-state index is -4.72. The molecule has 3 N–H and O–H groups in total. The van der Waals surface area contributed by atoms with E-state index in [1.54, 1.807) is 133 Å². The summed E-state index contributed by atoms with van der Waals surface area (Å²) in [6, 6.07) is 29.4. The topological polar surface area (TPSA) is 246 Å². The lowest BCUT2D eigenvalue weighted by Crippen LogP contribution is -2.82. The molecule has 0 spiro atoms. The number of ether oxygens (including phenoxy) is 7. The van der Waals surface area contributed by atoms with Crippen LogP contribution in [-0.4, -0.2) is 122 Å². The minimum Gasteiger partial charge on any atom is -0.456 e. The molecule has 19 heteroatoms. The molecule has 4 aliphatic rings. The Morgan fingerprint density at radius 1 is 0.805 bits per heavy atom. The fourth-order valence-electron chi connectivity index (χ4n) is 12.1. The minimum absolute atomic E-state index is 0.0259. The molecule has 412 valence electrons.